The van der Waals surface area contributed by atoms with E-state index in [4.69, 9.17) is 5.11 Å². The smallest absolute Gasteiger partial charge is 0.339 e. The Hall–Kier alpha value is -2.28. The van der Waals surface area contributed by atoms with Crippen LogP contribution in [-0.4, -0.2) is 53.3 Å². The van der Waals surface area contributed by atoms with E-state index in [1.807, 2.05) is 0 Å². The molecule has 0 atom stereocenters. The molecule has 0 aliphatic carbocycles. The van der Waals surface area contributed by atoms with Gasteiger partial charge in [0.15, 0.2) is 0 Å². The lowest BCUT2D eigenvalue weighted by Crippen LogP contribution is -2.48. The van der Waals surface area contributed by atoms with Crippen molar-refractivity contribution in [1.82, 2.24) is 10.2 Å². The van der Waals surface area contributed by atoms with Gasteiger partial charge < -0.3 is 25.7 Å². The number of piperazine rings is 1. The van der Waals surface area contributed by atoms with E-state index in [1.54, 1.807) is 4.90 Å². The van der Waals surface area contributed by atoms with Crippen LogP contribution in [0.3, 0.4) is 0 Å². The first-order valence-corrected chi connectivity index (χ1v) is 5.91. The minimum Gasteiger partial charge on any atom is -0.507 e. The highest BCUT2D eigenvalue weighted by Gasteiger charge is 2.17. The van der Waals surface area contributed by atoms with Crippen molar-refractivity contribution in [3.8, 4) is 5.75 Å². The quantitative estimate of drug-likeness (QED) is 0.584. The number of anilines is 1. The predicted molar refractivity (Wildman–Crippen MR) is 68.5 cm³/mol. The van der Waals surface area contributed by atoms with Crippen LogP contribution in [0, 0.1) is 0 Å². The third-order valence-electron chi connectivity index (χ3n) is 2.88. The van der Waals surface area contributed by atoms with E-state index in [9.17, 15) is 14.7 Å². The Bertz CT molecular complexity index is 498. The molecule has 1 fully saturated rings. The van der Waals surface area contributed by atoms with Crippen molar-refractivity contribution < 1.29 is 19.8 Å². The van der Waals surface area contributed by atoms with Crippen molar-refractivity contribution in [2.45, 2.75) is 0 Å². The Balaban J connectivity index is 2.08. The first kappa shape index (κ1) is 13.2. The summed E-state index contributed by atoms with van der Waals surface area (Å²) in [6.07, 6.45) is 0. The number of urea groups is 1. The predicted octanol–water partition coefficient (Wildman–Crippen LogP) is 0.527. The Morgan fingerprint density at radius 1 is 1.26 bits per heavy atom. The van der Waals surface area contributed by atoms with Crippen LogP contribution in [0.25, 0.3) is 0 Å². The van der Waals surface area contributed by atoms with Gasteiger partial charge in [0.05, 0.1) is 0 Å². The second-order valence-corrected chi connectivity index (χ2v) is 4.20. The van der Waals surface area contributed by atoms with E-state index >= 15 is 0 Å². The lowest BCUT2D eigenvalue weighted by atomic mass is 10.2. The second-order valence-electron chi connectivity index (χ2n) is 4.20. The zero-order chi connectivity index (χ0) is 13.8. The summed E-state index contributed by atoms with van der Waals surface area (Å²) in [5.74, 6) is -1.57. The summed E-state index contributed by atoms with van der Waals surface area (Å²) in [5, 5.41) is 24.0. The standard InChI is InChI=1S/C12H15N3O4/c16-10-2-1-8(7-9(10)11(17)18)14-12(19)15-5-3-13-4-6-15/h1-2,7,13,16H,3-6H2,(H,14,19)(H,17,18). The highest BCUT2D eigenvalue weighted by atomic mass is 16.4. The first-order valence-electron chi connectivity index (χ1n) is 5.91. The van der Waals surface area contributed by atoms with Crippen LogP contribution < -0.4 is 10.6 Å². The van der Waals surface area contributed by atoms with E-state index < -0.39 is 5.97 Å². The van der Waals surface area contributed by atoms with E-state index in [-0.39, 0.29) is 17.3 Å². The molecule has 1 aliphatic rings. The molecule has 1 aliphatic heterocycles. The summed E-state index contributed by atoms with van der Waals surface area (Å²) in [4.78, 5) is 24.4. The van der Waals surface area contributed by atoms with Crippen LogP contribution in [0.4, 0.5) is 10.5 Å². The monoisotopic (exact) mass is 265 g/mol. The SMILES string of the molecule is O=C(O)c1cc(NC(=O)N2CCNCC2)ccc1O. The number of carbonyl (C=O) groups is 2. The van der Waals surface area contributed by atoms with Crippen molar-refractivity contribution in [2.24, 2.45) is 0 Å². The van der Waals surface area contributed by atoms with Gasteiger partial charge in [-0.1, -0.05) is 0 Å². The van der Waals surface area contributed by atoms with Crippen LogP contribution in [-0.2, 0) is 0 Å². The molecule has 1 heterocycles. The van der Waals surface area contributed by atoms with Gasteiger partial charge in [0, 0.05) is 31.9 Å². The number of nitrogens with one attached hydrogen (secondary N) is 2. The molecular weight excluding hydrogens is 250 g/mol. The number of amides is 2. The first-order chi connectivity index (χ1) is 9.08. The molecular formula is C12H15N3O4. The van der Waals surface area contributed by atoms with Gasteiger partial charge in [0.1, 0.15) is 11.3 Å². The minimum absolute atomic E-state index is 0.238. The van der Waals surface area contributed by atoms with Crippen LogP contribution in [0.15, 0.2) is 18.2 Å². The third kappa shape index (κ3) is 3.14. The lowest BCUT2D eigenvalue weighted by molar-refractivity contribution is 0.0693. The summed E-state index contributed by atoms with van der Waals surface area (Å²) in [7, 11) is 0. The molecule has 102 valence electrons. The van der Waals surface area contributed by atoms with Gasteiger partial charge in [-0.15, -0.1) is 0 Å². The van der Waals surface area contributed by atoms with Crippen LogP contribution in [0.1, 0.15) is 10.4 Å². The van der Waals surface area contributed by atoms with Gasteiger partial charge in [-0.25, -0.2) is 9.59 Å². The molecule has 7 nitrogen and oxygen atoms in total. The summed E-state index contributed by atoms with van der Waals surface area (Å²) in [6.45, 7) is 2.69. The number of carboxylic acid groups (broad SMARTS) is 1. The molecule has 2 rings (SSSR count). The summed E-state index contributed by atoms with van der Waals surface area (Å²) >= 11 is 0. The Morgan fingerprint density at radius 2 is 1.95 bits per heavy atom. The number of hydrogen-bond donors (Lipinski definition) is 4. The maximum Gasteiger partial charge on any atom is 0.339 e. The van der Waals surface area contributed by atoms with Gasteiger partial charge >= 0.3 is 12.0 Å². The molecule has 2 amide bonds. The highest BCUT2D eigenvalue weighted by Crippen LogP contribution is 2.21. The fraction of sp³-hybridized carbons (Fsp3) is 0.333. The average molecular weight is 265 g/mol. The van der Waals surface area contributed by atoms with E-state index in [0.29, 0.717) is 18.8 Å². The number of phenols is 1. The molecule has 4 N–H and O–H groups in total. The van der Waals surface area contributed by atoms with Gasteiger partial charge in [0.25, 0.3) is 0 Å². The number of aromatic carboxylic acids is 1. The van der Waals surface area contributed by atoms with Gasteiger partial charge in [-0.05, 0) is 18.2 Å². The van der Waals surface area contributed by atoms with Crippen LogP contribution in [0.2, 0.25) is 0 Å². The van der Waals surface area contributed by atoms with E-state index in [2.05, 4.69) is 10.6 Å². The lowest BCUT2D eigenvalue weighted by Gasteiger charge is -2.27. The van der Waals surface area contributed by atoms with E-state index in [1.165, 1.54) is 18.2 Å². The van der Waals surface area contributed by atoms with Crippen LogP contribution >= 0.6 is 0 Å². The maximum atomic E-state index is 11.9. The van der Waals surface area contributed by atoms with Crippen molar-refractivity contribution >= 4 is 17.7 Å². The molecule has 0 radical (unpaired) electrons. The molecule has 1 aromatic carbocycles. The molecule has 1 saturated heterocycles. The van der Waals surface area contributed by atoms with E-state index in [0.717, 1.165) is 13.1 Å². The number of carbonyl (C=O) groups excluding carboxylic acids is 1. The number of aromatic hydroxyl groups is 1. The zero-order valence-corrected chi connectivity index (χ0v) is 10.2. The van der Waals surface area contributed by atoms with Crippen molar-refractivity contribution in [3.63, 3.8) is 0 Å². The van der Waals surface area contributed by atoms with Crippen molar-refractivity contribution in [2.75, 3.05) is 31.5 Å². The molecule has 0 unspecified atom stereocenters. The molecule has 0 bridgehead atoms. The summed E-state index contributed by atoms with van der Waals surface area (Å²) in [6, 6.07) is 3.67. The number of nitrogens with zero attached hydrogens (tertiary/aromatic N) is 1. The number of hydrogen-bond acceptors (Lipinski definition) is 4. The molecule has 0 aromatic heterocycles. The summed E-state index contributed by atoms with van der Waals surface area (Å²) < 4.78 is 0. The minimum atomic E-state index is -1.24. The van der Waals surface area contributed by atoms with Gasteiger partial charge in [0.2, 0.25) is 0 Å². The second kappa shape index (κ2) is 5.57. The third-order valence-corrected chi connectivity index (χ3v) is 2.88. The topological polar surface area (TPSA) is 102 Å². The number of carboxylic acids is 1. The number of benzene rings is 1. The molecule has 0 spiro atoms. The Morgan fingerprint density at radius 3 is 2.58 bits per heavy atom. The highest BCUT2D eigenvalue weighted by molar-refractivity contribution is 5.95. The Labute approximate surface area is 109 Å². The largest absolute Gasteiger partial charge is 0.507 e. The fourth-order valence-electron chi connectivity index (χ4n) is 1.86. The van der Waals surface area contributed by atoms with Crippen molar-refractivity contribution in [1.29, 1.82) is 0 Å². The zero-order valence-electron chi connectivity index (χ0n) is 10.2. The maximum absolute atomic E-state index is 11.9. The molecule has 1 aromatic rings. The fourth-order valence-corrected chi connectivity index (χ4v) is 1.86. The van der Waals surface area contributed by atoms with Crippen LogP contribution in [0.5, 0.6) is 5.75 Å². The molecule has 19 heavy (non-hydrogen) atoms. The van der Waals surface area contributed by atoms with Gasteiger partial charge in [-0.2, -0.15) is 0 Å². The summed E-state index contributed by atoms with van der Waals surface area (Å²) in [5.41, 5.74) is 0.108. The number of rotatable bonds is 2. The normalized spacial score (nSPS) is 15.1. The van der Waals surface area contributed by atoms with Gasteiger partial charge in [-0.3, -0.25) is 0 Å². The average Bonchev–Trinajstić information content (AvgIpc) is 2.41. The molecule has 0 saturated carbocycles. The Kier molecular flexibility index (Phi) is 3.86. The molecule has 7 heteroatoms. The van der Waals surface area contributed by atoms with Crippen molar-refractivity contribution in [3.05, 3.63) is 23.8 Å².